The molecule has 1 saturated heterocycles. The molecule has 1 aliphatic rings. The van der Waals surface area contributed by atoms with Gasteiger partial charge in [0.25, 0.3) is 0 Å². The summed E-state index contributed by atoms with van der Waals surface area (Å²) >= 11 is 0. The number of hydrogen-bond donors (Lipinski definition) is 0. The lowest BCUT2D eigenvalue weighted by atomic mass is 10.1. The lowest BCUT2D eigenvalue weighted by Gasteiger charge is -2.29. The van der Waals surface area contributed by atoms with Crippen LogP contribution in [0.15, 0.2) is 53.8 Å². The monoisotopic (exact) mass is 508 g/mol. The smallest absolute Gasteiger partial charge is 0.415 e. The minimum atomic E-state index is -0.643. The largest absolute Gasteiger partial charge is 0.444 e. The van der Waals surface area contributed by atoms with Crippen LogP contribution < -0.4 is 4.90 Å². The van der Waals surface area contributed by atoms with Crippen LogP contribution in [0.4, 0.5) is 15.3 Å². The van der Waals surface area contributed by atoms with E-state index in [1.807, 2.05) is 84.0 Å². The number of carbonyl (C=O) groups excluding carboxylic acids is 2. The Morgan fingerprint density at radius 3 is 2.32 bits per heavy atom. The third-order valence-electron chi connectivity index (χ3n) is 5.60. The van der Waals surface area contributed by atoms with Crippen molar-refractivity contribution in [3.8, 4) is 0 Å². The van der Waals surface area contributed by atoms with Gasteiger partial charge in [-0.3, -0.25) is 9.88 Å². The van der Waals surface area contributed by atoms with Gasteiger partial charge in [-0.05, 0) is 71.2 Å². The van der Waals surface area contributed by atoms with Crippen LogP contribution in [0.3, 0.4) is 0 Å². The molecule has 10 heteroatoms. The molecule has 2 heterocycles. The maximum atomic E-state index is 13.0. The molecule has 0 radical (unpaired) electrons. The van der Waals surface area contributed by atoms with Crippen LogP contribution >= 0.6 is 0 Å². The second kappa shape index (κ2) is 11.5. The zero-order valence-corrected chi connectivity index (χ0v) is 22.4. The number of rotatable bonds is 6. The lowest BCUT2D eigenvalue weighted by molar-refractivity contribution is 0.0224. The van der Waals surface area contributed by atoms with Gasteiger partial charge in [0.05, 0.1) is 24.5 Å². The molecular formula is C27H36N6O4. The van der Waals surface area contributed by atoms with Crippen molar-refractivity contribution in [2.24, 2.45) is 5.11 Å². The Kier molecular flexibility index (Phi) is 8.65. The van der Waals surface area contributed by atoms with E-state index in [0.29, 0.717) is 31.6 Å². The van der Waals surface area contributed by atoms with E-state index in [4.69, 9.17) is 15.0 Å². The van der Waals surface area contributed by atoms with E-state index in [-0.39, 0.29) is 12.1 Å². The van der Waals surface area contributed by atoms with Crippen molar-refractivity contribution in [2.45, 2.75) is 84.2 Å². The molecule has 3 rings (SSSR count). The molecular weight excluding hydrogens is 472 g/mol. The molecule has 37 heavy (non-hydrogen) atoms. The van der Waals surface area contributed by atoms with Crippen molar-refractivity contribution in [2.75, 3.05) is 11.4 Å². The molecule has 0 bridgehead atoms. The van der Waals surface area contributed by atoms with Gasteiger partial charge in [0.2, 0.25) is 0 Å². The number of hydrogen-bond acceptors (Lipinski definition) is 6. The number of pyridine rings is 1. The predicted molar refractivity (Wildman–Crippen MR) is 141 cm³/mol. The minimum Gasteiger partial charge on any atom is -0.444 e. The molecule has 1 aromatic heterocycles. The van der Waals surface area contributed by atoms with Gasteiger partial charge in [-0.15, -0.1) is 0 Å². The summed E-state index contributed by atoms with van der Waals surface area (Å²) < 4.78 is 11.2. The van der Waals surface area contributed by atoms with Crippen LogP contribution in [0.1, 0.15) is 59.2 Å². The Hall–Kier alpha value is -3.78. The zero-order valence-electron chi connectivity index (χ0n) is 22.4. The van der Waals surface area contributed by atoms with E-state index in [9.17, 15) is 9.59 Å². The van der Waals surface area contributed by atoms with Crippen LogP contribution in [0, 0.1) is 0 Å². The lowest BCUT2D eigenvalue weighted by Crippen LogP contribution is -2.41. The summed E-state index contributed by atoms with van der Waals surface area (Å²) in [6, 6.07) is 12.8. The number of benzene rings is 1. The molecule has 1 fully saturated rings. The highest BCUT2D eigenvalue weighted by atomic mass is 16.6. The molecule has 0 saturated carbocycles. The van der Waals surface area contributed by atoms with Gasteiger partial charge in [0, 0.05) is 29.6 Å². The van der Waals surface area contributed by atoms with E-state index in [2.05, 4.69) is 15.0 Å². The second-order valence-electron chi connectivity index (χ2n) is 11.1. The SMILES string of the molecule is CC(C)(C)OC(=O)N(Cc1ccccc1)c1ccc(C[C@@H]2C[C@H](N=[N+]=[N-])CN2C(=O)OC(C)(C)C)nc1. The van der Waals surface area contributed by atoms with Gasteiger partial charge in [0.1, 0.15) is 11.2 Å². The van der Waals surface area contributed by atoms with Crippen molar-refractivity contribution < 1.29 is 19.1 Å². The summed E-state index contributed by atoms with van der Waals surface area (Å²) in [6.45, 7) is 11.6. The molecule has 2 amide bonds. The highest BCUT2D eigenvalue weighted by Gasteiger charge is 2.37. The average molecular weight is 509 g/mol. The molecule has 0 aliphatic carbocycles. The van der Waals surface area contributed by atoms with E-state index in [1.165, 1.54) is 0 Å². The first-order valence-corrected chi connectivity index (χ1v) is 12.4. The number of nitrogens with zero attached hydrogens (tertiary/aromatic N) is 6. The first-order valence-electron chi connectivity index (χ1n) is 12.4. The fraction of sp³-hybridized carbons (Fsp3) is 0.519. The first kappa shape index (κ1) is 27.8. The average Bonchev–Trinajstić information content (AvgIpc) is 3.19. The second-order valence-corrected chi connectivity index (χ2v) is 11.1. The standard InChI is InChI=1S/C27H36N6O4/c1-26(2,3)36-24(34)32(17-19-10-8-7-9-11-19)22-13-12-20(29-16-22)14-23-15-21(30-31-28)18-33(23)25(35)37-27(4,5)6/h7-13,16,21,23H,14-15,17-18H2,1-6H3/t21-,23+/m0/s1. The van der Waals surface area contributed by atoms with Crippen molar-refractivity contribution in [3.05, 3.63) is 70.4 Å². The Bertz CT molecular complexity index is 1120. The van der Waals surface area contributed by atoms with Crippen molar-refractivity contribution in [1.82, 2.24) is 9.88 Å². The maximum absolute atomic E-state index is 13.0. The number of azide groups is 1. The van der Waals surface area contributed by atoms with Gasteiger partial charge in [0.15, 0.2) is 0 Å². The van der Waals surface area contributed by atoms with Crippen molar-refractivity contribution in [1.29, 1.82) is 0 Å². The van der Waals surface area contributed by atoms with Gasteiger partial charge < -0.3 is 14.4 Å². The number of likely N-dealkylation sites (tertiary alicyclic amines) is 1. The minimum absolute atomic E-state index is 0.227. The number of carbonyl (C=O) groups is 2. The van der Waals surface area contributed by atoms with Crippen LogP contribution in [0.5, 0.6) is 0 Å². The molecule has 1 aliphatic heterocycles. The molecule has 1 aromatic carbocycles. The first-order chi connectivity index (χ1) is 17.3. The molecule has 0 unspecified atom stereocenters. The fourth-order valence-corrected chi connectivity index (χ4v) is 4.07. The summed E-state index contributed by atoms with van der Waals surface area (Å²) in [6.07, 6.45) is 1.71. The Morgan fingerprint density at radius 2 is 1.76 bits per heavy atom. The molecule has 2 atom stereocenters. The normalized spacial score (nSPS) is 17.6. The highest BCUT2D eigenvalue weighted by Crippen LogP contribution is 2.27. The van der Waals surface area contributed by atoms with E-state index >= 15 is 0 Å². The van der Waals surface area contributed by atoms with Crippen LogP contribution in [0.25, 0.3) is 10.4 Å². The van der Waals surface area contributed by atoms with Crippen molar-refractivity contribution in [3.63, 3.8) is 0 Å². The highest BCUT2D eigenvalue weighted by molar-refractivity contribution is 5.87. The summed E-state index contributed by atoms with van der Waals surface area (Å²) in [7, 11) is 0. The van der Waals surface area contributed by atoms with Crippen LogP contribution in [0.2, 0.25) is 0 Å². The Morgan fingerprint density at radius 1 is 1.08 bits per heavy atom. The topological polar surface area (TPSA) is 121 Å². The van der Waals surface area contributed by atoms with E-state index < -0.39 is 23.4 Å². The van der Waals surface area contributed by atoms with Crippen LogP contribution in [-0.2, 0) is 22.4 Å². The quantitative estimate of drug-likeness (QED) is 0.259. The summed E-state index contributed by atoms with van der Waals surface area (Å²) in [5.74, 6) is 0. The van der Waals surface area contributed by atoms with Gasteiger partial charge in [-0.2, -0.15) is 0 Å². The number of anilines is 1. The van der Waals surface area contributed by atoms with Gasteiger partial charge >= 0.3 is 12.2 Å². The summed E-state index contributed by atoms with van der Waals surface area (Å²) in [5.41, 5.74) is 9.91. The molecule has 0 spiro atoms. The maximum Gasteiger partial charge on any atom is 0.415 e. The molecule has 2 aromatic rings. The summed E-state index contributed by atoms with van der Waals surface area (Å²) in [4.78, 5) is 36.5. The fourth-order valence-electron chi connectivity index (χ4n) is 4.07. The molecule has 0 N–H and O–H groups in total. The third-order valence-corrected chi connectivity index (χ3v) is 5.60. The number of aromatic nitrogens is 1. The Labute approximate surface area is 218 Å². The number of ether oxygens (including phenoxy) is 2. The predicted octanol–water partition coefficient (Wildman–Crippen LogP) is 6.25. The third kappa shape index (κ3) is 8.39. The van der Waals surface area contributed by atoms with E-state index in [1.54, 1.807) is 16.0 Å². The Balaban J connectivity index is 1.79. The van der Waals surface area contributed by atoms with Crippen LogP contribution in [-0.4, -0.2) is 51.9 Å². The number of amides is 2. The van der Waals surface area contributed by atoms with Gasteiger partial charge in [-0.1, -0.05) is 35.4 Å². The van der Waals surface area contributed by atoms with Gasteiger partial charge in [-0.25, -0.2) is 9.59 Å². The van der Waals surface area contributed by atoms with E-state index in [0.717, 1.165) is 11.3 Å². The zero-order chi connectivity index (χ0) is 27.2. The van der Waals surface area contributed by atoms with Crippen molar-refractivity contribution >= 4 is 17.9 Å². The molecule has 10 nitrogen and oxygen atoms in total. The summed E-state index contributed by atoms with van der Waals surface area (Å²) in [5, 5.41) is 3.82. The molecule has 198 valence electrons.